The van der Waals surface area contributed by atoms with Gasteiger partial charge in [-0.15, -0.1) is 11.6 Å². The van der Waals surface area contributed by atoms with Gasteiger partial charge in [-0.25, -0.2) is 8.42 Å². The van der Waals surface area contributed by atoms with Crippen molar-refractivity contribution in [1.82, 2.24) is 0 Å². The first-order valence-corrected chi connectivity index (χ1v) is 7.43. The molecular formula is C11H12ClNO3S. The van der Waals surface area contributed by atoms with Crippen molar-refractivity contribution < 1.29 is 13.2 Å². The van der Waals surface area contributed by atoms with E-state index in [9.17, 15) is 13.2 Å². The summed E-state index contributed by atoms with van der Waals surface area (Å²) in [6, 6.07) is 4.84. The van der Waals surface area contributed by atoms with Gasteiger partial charge in [0.25, 0.3) is 0 Å². The normalized spacial score (nSPS) is 17.2. The number of fused-ring (bicyclic) bond motifs is 1. The molecule has 92 valence electrons. The molecule has 0 unspecified atom stereocenters. The van der Waals surface area contributed by atoms with E-state index in [1.54, 1.807) is 18.2 Å². The number of alkyl halides is 1. The van der Waals surface area contributed by atoms with E-state index in [0.717, 1.165) is 12.0 Å². The quantitative estimate of drug-likeness (QED) is 0.832. The molecule has 1 amide bonds. The van der Waals surface area contributed by atoms with Gasteiger partial charge < -0.3 is 5.32 Å². The molecule has 0 spiro atoms. The number of hydrogen-bond donors (Lipinski definition) is 1. The van der Waals surface area contributed by atoms with Crippen molar-refractivity contribution in [2.45, 2.75) is 17.7 Å². The van der Waals surface area contributed by atoms with Crippen LogP contribution in [-0.2, 0) is 21.1 Å². The highest BCUT2D eigenvalue weighted by molar-refractivity contribution is 7.91. The molecule has 1 aliphatic heterocycles. The molecule has 0 aliphatic carbocycles. The second-order valence-electron chi connectivity index (χ2n) is 3.93. The summed E-state index contributed by atoms with van der Waals surface area (Å²) < 4.78 is 23.5. The number of nitrogens with one attached hydrogen (secondary N) is 1. The van der Waals surface area contributed by atoms with Crippen molar-refractivity contribution >= 4 is 33.0 Å². The molecule has 1 aliphatic rings. The predicted molar refractivity (Wildman–Crippen MR) is 66.2 cm³/mol. The molecule has 1 aromatic rings. The first kappa shape index (κ1) is 12.4. The van der Waals surface area contributed by atoms with Crippen molar-refractivity contribution in [3.05, 3.63) is 23.8 Å². The van der Waals surface area contributed by atoms with Crippen LogP contribution in [0, 0.1) is 0 Å². The Hall–Kier alpha value is -1.07. The van der Waals surface area contributed by atoms with E-state index in [2.05, 4.69) is 5.32 Å². The predicted octanol–water partition coefficient (Wildman–Crippen LogP) is 1.58. The Kier molecular flexibility index (Phi) is 3.40. The molecule has 4 nitrogen and oxygen atoms in total. The van der Waals surface area contributed by atoms with Crippen LogP contribution in [-0.4, -0.2) is 26.0 Å². The maximum atomic E-state index is 11.8. The van der Waals surface area contributed by atoms with Gasteiger partial charge in [-0.05, 0) is 36.6 Å². The molecule has 0 bridgehead atoms. The number of carbonyl (C=O) groups is 1. The van der Waals surface area contributed by atoms with Gasteiger partial charge in [0.05, 0.1) is 10.6 Å². The summed E-state index contributed by atoms with van der Waals surface area (Å²) in [5.41, 5.74) is 1.36. The fraction of sp³-hybridized carbons (Fsp3) is 0.364. The molecule has 0 fully saturated rings. The largest absolute Gasteiger partial charge is 0.325 e. The maximum Gasteiger partial charge on any atom is 0.239 e. The highest BCUT2D eigenvalue weighted by Gasteiger charge is 2.23. The van der Waals surface area contributed by atoms with Crippen LogP contribution in [0.4, 0.5) is 5.69 Å². The molecule has 0 radical (unpaired) electrons. The minimum absolute atomic E-state index is 0.116. The molecule has 1 N–H and O–H groups in total. The molecule has 0 aromatic heterocycles. The Balaban J connectivity index is 2.35. The Bertz CT molecular complexity index is 554. The van der Waals surface area contributed by atoms with Crippen LogP contribution >= 0.6 is 11.6 Å². The Labute approximate surface area is 105 Å². The summed E-state index contributed by atoms with van der Waals surface area (Å²) in [6.45, 7) is 0. The number of amides is 1. The molecule has 6 heteroatoms. The lowest BCUT2D eigenvalue weighted by molar-refractivity contribution is -0.113. The van der Waals surface area contributed by atoms with Crippen molar-refractivity contribution in [1.29, 1.82) is 0 Å². The van der Waals surface area contributed by atoms with E-state index >= 15 is 0 Å². The molecule has 17 heavy (non-hydrogen) atoms. The number of anilines is 1. The molecule has 0 saturated heterocycles. The third-order valence-electron chi connectivity index (χ3n) is 2.66. The van der Waals surface area contributed by atoms with Crippen LogP contribution in [0.2, 0.25) is 0 Å². The standard InChI is InChI=1S/C11H12ClNO3S/c12-7-11(14)13-9-3-4-10-8(6-9)2-1-5-17(10,15)16/h3-4,6H,1-2,5,7H2,(H,13,14). The van der Waals surface area contributed by atoms with Gasteiger partial charge in [-0.2, -0.15) is 0 Å². The lowest BCUT2D eigenvalue weighted by Gasteiger charge is -2.17. The van der Waals surface area contributed by atoms with E-state index < -0.39 is 9.84 Å². The minimum atomic E-state index is -3.13. The lowest BCUT2D eigenvalue weighted by atomic mass is 10.1. The van der Waals surface area contributed by atoms with Crippen LogP contribution in [0.25, 0.3) is 0 Å². The zero-order chi connectivity index (χ0) is 12.5. The molecular weight excluding hydrogens is 262 g/mol. The number of rotatable bonds is 2. The Morgan fingerprint density at radius 3 is 2.88 bits per heavy atom. The first-order chi connectivity index (χ1) is 8.03. The fourth-order valence-electron chi connectivity index (χ4n) is 1.91. The number of halogens is 1. The number of benzene rings is 1. The molecule has 1 aromatic carbocycles. The number of sulfone groups is 1. The molecule has 0 atom stereocenters. The van der Waals surface area contributed by atoms with Crippen molar-refractivity contribution in [3.63, 3.8) is 0 Å². The van der Waals surface area contributed by atoms with Crippen LogP contribution in [0.1, 0.15) is 12.0 Å². The number of aryl methyl sites for hydroxylation is 1. The third-order valence-corrected chi connectivity index (χ3v) is 4.80. The van der Waals surface area contributed by atoms with Gasteiger partial charge in [0.1, 0.15) is 5.88 Å². The third kappa shape index (κ3) is 2.61. The van der Waals surface area contributed by atoms with Gasteiger partial charge in [0.2, 0.25) is 5.91 Å². The summed E-state index contributed by atoms with van der Waals surface area (Å²) in [7, 11) is -3.13. The highest BCUT2D eigenvalue weighted by atomic mass is 35.5. The summed E-state index contributed by atoms with van der Waals surface area (Å²) >= 11 is 5.38. The van der Waals surface area contributed by atoms with Gasteiger partial charge in [-0.3, -0.25) is 4.79 Å². The van der Waals surface area contributed by atoms with E-state index in [1.807, 2.05) is 0 Å². The lowest BCUT2D eigenvalue weighted by Crippen LogP contribution is -2.17. The van der Waals surface area contributed by atoms with E-state index in [0.29, 0.717) is 17.0 Å². The van der Waals surface area contributed by atoms with Crippen LogP contribution in [0.15, 0.2) is 23.1 Å². The molecule has 0 saturated carbocycles. The van der Waals surface area contributed by atoms with E-state index in [1.165, 1.54) is 0 Å². The summed E-state index contributed by atoms with van der Waals surface area (Å²) in [4.78, 5) is 11.5. The minimum Gasteiger partial charge on any atom is -0.325 e. The van der Waals surface area contributed by atoms with Crippen molar-refractivity contribution in [2.75, 3.05) is 16.9 Å². The van der Waals surface area contributed by atoms with Crippen LogP contribution in [0.3, 0.4) is 0 Å². The molecule has 2 rings (SSSR count). The van der Waals surface area contributed by atoms with Crippen LogP contribution < -0.4 is 5.32 Å². The van der Waals surface area contributed by atoms with Crippen molar-refractivity contribution in [3.8, 4) is 0 Å². The maximum absolute atomic E-state index is 11.8. The van der Waals surface area contributed by atoms with Gasteiger partial charge in [0.15, 0.2) is 9.84 Å². The van der Waals surface area contributed by atoms with E-state index in [-0.39, 0.29) is 17.5 Å². The summed E-state index contributed by atoms with van der Waals surface area (Å²) in [6.07, 6.45) is 1.35. The summed E-state index contributed by atoms with van der Waals surface area (Å²) in [5.74, 6) is -0.215. The highest BCUT2D eigenvalue weighted by Crippen LogP contribution is 2.27. The summed E-state index contributed by atoms with van der Waals surface area (Å²) in [5, 5.41) is 2.60. The molecule has 1 heterocycles. The average Bonchev–Trinajstić information content (AvgIpc) is 2.28. The second-order valence-corrected chi connectivity index (χ2v) is 6.27. The zero-order valence-corrected chi connectivity index (χ0v) is 10.6. The first-order valence-electron chi connectivity index (χ1n) is 5.24. The van der Waals surface area contributed by atoms with Crippen molar-refractivity contribution in [2.24, 2.45) is 0 Å². The number of carbonyl (C=O) groups excluding carboxylic acids is 1. The monoisotopic (exact) mass is 273 g/mol. The SMILES string of the molecule is O=C(CCl)Nc1ccc2c(c1)CCCS2(=O)=O. The Morgan fingerprint density at radius 1 is 1.41 bits per heavy atom. The zero-order valence-electron chi connectivity index (χ0n) is 9.07. The van der Waals surface area contributed by atoms with Gasteiger partial charge >= 0.3 is 0 Å². The Morgan fingerprint density at radius 2 is 2.18 bits per heavy atom. The number of hydrogen-bond acceptors (Lipinski definition) is 3. The van der Waals surface area contributed by atoms with Gasteiger partial charge in [-0.1, -0.05) is 0 Å². The smallest absolute Gasteiger partial charge is 0.239 e. The second kappa shape index (κ2) is 4.66. The van der Waals surface area contributed by atoms with E-state index in [4.69, 9.17) is 11.6 Å². The van der Waals surface area contributed by atoms with Gasteiger partial charge in [0, 0.05) is 5.69 Å². The topological polar surface area (TPSA) is 63.2 Å². The fourth-order valence-corrected chi connectivity index (χ4v) is 3.56. The average molecular weight is 274 g/mol. The van der Waals surface area contributed by atoms with Crippen LogP contribution in [0.5, 0.6) is 0 Å².